The van der Waals surface area contributed by atoms with Gasteiger partial charge in [-0.05, 0) is 49.8 Å². The molecular weight excluding hydrogens is 430 g/mol. The van der Waals surface area contributed by atoms with E-state index in [2.05, 4.69) is 9.88 Å². The summed E-state index contributed by atoms with van der Waals surface area (Å²) in [4.78, 5) is 24.8. The molecule has 3 aromatic rings. The van der Waals surface area contributed by atoms with E-state index in [1.165, 1.54) is 16.9 Å². The van der Waals surface area contributed by atoms with Crippen molar-refractivity contribution in [3.05, 3.63) is 50.8 Å². The maximum Gasteiger partial charge on any atom is 0.259 e. The second-order valence-electron chi connectivity index (χ2n) is 8.23. The molecule has 1 aliphatic carbocycles. The molecule has 4 rings (SSSR count). The summed E-state index contributed by atoms with van der Waals surface area (Å²) >= 11 is 1.65. The first-order valence-electron chi connectivity index (χ1n) is 11.2. The molecule has 0 radical (unpaired) electrons. The Morgan fingerprint density at radius 3 is 3.06 bits per heavy atom. The number of aromatic nitrogens is 2. The highest BCUT2D eigenvalue weighted by atomic mass is 32.1. The number of nitrogens with zero attached hydrogens (tertiary/aromatic N) is 2. The van der Waals surface area contributed by atoms with Crippen molar-refractivity contribution in [2.24, 2.45) is 0 Å². The number of thiophene rings is 1. The van der Waals surface area contributed by atoms with Gasteiger partial charge in [-0.1, -0.05) is 0 Å². The normalized spacial score (nSPS) is 14.8. The summed E-state index contributed by atoms with van der Waals surface area (Å²) in [5, 5.41) is 11.3. The van der Waals surface area contributed by atoms with Crippen molar-refractivity contribution in [2.45, 2.75) is 51.4 Å². The largest absolute Gasteiger partial charge is 0.467 e. The van der Waals surface area contributed by atoms with Crippen LogP contribution in [-0.2, 0) is 35.5 Å². The Balaban J connectivity index is 1.42. The van der Waals surface area contributed by atoms with Gasteiger partial charge in [-0.3, -0.25) is 9.69 Å². The summed E-state index contributed by atoms with van der Waals surface area (Å²) in [5.41, 5.74) is 1.14. The van der Waals surface area contributed by atoms with Gasteiger partial charge in [-0.25, -0.2) is 4.98 Å². The summed E-state index contributed by atoms with van der Waals surface area (Å²) in [5.74, 6) is 1.35. The average molecular weight is 462 g/mol. The number of nitrogens with one attached hydrogen (secondary N) is 1. The van der Waals surface area contributed by atoms with E-state index in [-0.39, 0.29) is 12.2 Å². The third kappa shape index (κ3) is 5.85. The average Bonchev–Trinajstić information content (AvgIpc) is 3.41. The van der Waals surface area contributed by atoms with Crippen LogP contribution in [0.2, 0.25) is 0 Å². The van der Waals surface area contributed by atoms with Gasteiger partial charge < -0.3 is 24.0 Å². The molecule has 1 aliphatic rings. The fourth-order valence-electron chi connectivity index (χ4n) is 4.20. The molecule has 174 valence electrons. The summed E-state index contributed by atoms with van der Waals surface area (Å²) in [7, 11) is 1.67. The number of aryl methyl sites for hydroxylation is 2. The van der Waals surface area contributed by atoms with Gasteiger partial charge in [0, 0.05) is 31.7 Å². The number of furan rings is 1. The molecule has 32 heavy (non-hydrogen) atoms. The molecule has 0 bridgehead atoms. The molecule has 9 heteroatoms. The van der Waals surface area contributed by atoms with E-state index in [4.69, 9.17) is 18.9 Å². The fourth-order valence-corrected chi connectivity index (χ4v) is 5.48. The van der Waals surface area contributed by atoms with Crippen molar-refractivity contribution in [3.63, 3.8) is 0 Å². The Morgan fingerprint density at radius 2 is 2.25 bits per heavy atom. The molecule has 0 aliphatic heterocycles. The van der Waals surface area contributed by atoms with Crippen LogP contribution >= 0.6 is 11.3 Å². The molecule has 0 spiro atoms. The lowest BCUT2D eigenvalue weighted by molar-refractivity contribution is 0.00246. The van der Waals surface area contributed by atoms with Gasteiger partial charge in [-0.15, -0.1) is 11.3 Å². The maximum atomic E-state index is 12.8. The number of H-pyrrole nitrogens is 1. The van der Waals surface area contributed by atoms with Crippen LogP contribution in [0.4, 0.5) is 0 Å². The number of fused-ring (bicyclic) bond motifs is 3. The Morgan fingerprint density at radius 1 is 1.38 bits per heavy atom. The van der Waals surface area contributed by atoms with Crippen molar-refractivity contribution < 1.29 is 19.0 Å². The third-order valence-corrected chi connectivity index (χ3v) is 6.86. The number of rotatable bonds is 12. The smallest absolute Gasteiger partial charge is 0.259 e. The SMILES string of the molecule is COCCCN(Cc1nc2sc3c(c2c(=O)[nH]1)CCCC3)C[C@@H](O)COCc1ccco1. The molecule has 1 atom stereocenters. The van der Waals surface area contributed by atoms with Gasteiger partial charge in [0.2, 0.25) is 0 Å². The van der Waals surface area contributed by atoms with Crippen LogP contribution in [0, 0.1) is 0 Å². The Hall–Kier alpha value is -2.04. The van der Waals surface area contributed by atoms with Gasteiger partial charge >= 0.3 is 0 Å². The molecular formula is C23H31N3O5S. The van der Waals surface area contributed by atoms with Gasteiger partial charge in [0.25, 0.3) is 5.56 Å². The minimum absolute atomic E-state index is 0.0522. The first kappa shape index (κ1) is 23.1. The van der Waals surface area contributed by atoms with Crippen molar-refractivity contribution >= 4 is 21.6 Å². The molecule has 0 saturated heterocycles. The summed E-state index contributed by atoms with van der Waals surface area (Å²) in [6.45, 7) is 2.72. The number of aromatic amines is 1. The summed E-state index contributed by atoms with van der Waals surface area (Å²) in [6.07, 6.45) is 6.06. The molecule has 0 fully saturated rings. The second kappa shape index (κ2) is 11.2. The van der Waals surface area contributed by atoms with Crippen LogP contribution in [-0.4, -0.2) is 59.5 Å². The van der Waals surface area contributed by atoms with Crippen LogP contribution < -0.4 is 5.56 Å². The van der Waals surface area contributed by atoms with E-state index in [0.29, 0.717) is 38.7 Å². The standard InChI is InChI=1S/C23H31N3O5S/c1-29-10-5-9-26(12-16(27)14-30-15-17-6-4-11-31-17)13-20-24-22(28)21-18-7-2-3-8-19(18)32-23(21)25-20/h4,6,11,16,27H,2-3,5,7-10,12-15H2,1H3,(H,24,25,28)/t16-/m1/s1. The molecule has 0 aromatic carbocycles. The lowest BCUT2D eigenvalue weighted by Crippen LogP contribution is -2.36. The van der Waals surface area contributed by atoms with Gasteiger partial charge in [0.15, 0.2) is 0 Å². The molecule has 3 aromatic heterocycles. The first-order valence-corrected chi connectivity index (χ1v) is 12.0. The van der Waals surface area contributed by atoms with Gasteiger partial charge in [0.05, 0.1) is 30.9 Å². The van der Waals surface area contributed by atoms with Crippen molar-refractivity contribution in [1.29, 1.82) is 0 Å². The van der Waals surface area contributed by atoms with E-state index in [1.54, 1.807) is 30.8 Å². The van der Waals surface area contributed by atoms with E-state index in [1.807, 2.05) is 6.07 Å². The van der Waals surface area contributed by atoms with Crippen LogP contribution in [0.3, 0.4) is 0 Å². The number of hydrogen-bond donors (Lipinski definition) is 2. The van der Waals surface area contributed by atoms with Gasteiger partial charge in [-0.2, -0.15) is 0 Å². The number of aliphatic hydroxyl groups is 1. The predicted molar refractivity (Wildman–Crippen MR) is 123 cm³/mol. The number of methoxy groups -OCH3 is 1. The first-order chi connectivity index (χ1) is 15.6. The van der Waals surface area contributed by atoms with E-state index in [9.17, 15) is 9.90 Å². The van der Waals surface area contributed by atoms with Crippen molar-refractivity contribution in [1.82, 2.24) is 14.9 Å². The topological polar surface area (TPSA) is 101 Å². The highest BCUT2D eigenvalue weighted by Gasteiger charge is 2.21. The molecule has 0 amide bonds. The zero-order chi connectivity index (χ0) is 22.3. The predicted octanol–water partition coefficient (Wildman–Crippen LogP) is 2.87. The third-order valence-electron chi connectivity index (χ3n) is 5.67. The zero-order valence-electron chi connectivity index (χ0n) is 18.5. The van der Waals surface area contributed by atoms with E-state index in [0.717, 1.165) is 41.7 Å². The lowest BCUT2D eigenvalue weighted by Gasteiger charge is -2.24. The lowest BCUT2D eigenvalue weighted by atomic mass is 9.97. The van der Waals surface area contributed by atoms with Crippen LogP contribution in [0.15, 0.2) is 27.6 Å². The van der Waals surface area contributed by atoms with E-state index < -0.39 is 6.10 Å². The number of ether oxygens (including phenoxy) is 2. The summed E-state index contributed by atoms with van der Waals surface area (Å²) in [6, 6.07) is 3.64. The minimum atomic E-state index is -0.669. The van der Waals surface area contributed by atoms with Crippen LogP contribution in [0.25, 0.3) is 10.2 Å². The van der Waals surface area contributed by atoms with Crippen molar-refractivity contribution in [2.75, 3.05) is 33.4 Å². The number of hydrogen-bond acceptors (Lipinski definition) is 8. The second-order valence-corrected chi connectivity index (χ2v) is 9.32. The van der Waals surface area contributed by atoms with Crippen LogP contribution in [0.1, 0.15) is 41.3 Å². The quantitative estimate of drug-likeness (QED) is 0.400. The minimum Gasteiger partial charge on any atom is -0.467 e. The fraction of sp³-hybridized carbons (Fsp3) is 0.565. The van der Waals surface area contributed by atoms with Crippen molar-refractivity contribution in [3.8, 4) is 0 Å². The Bertz CT molecular complexity index is 1050. The van der Waals surface area contributed by atoms with Crippen LogP contribution in [0.5, 0.6) is 0 Å². The molecule has 8 nitrogen and oxygen atoms in total. The van der Waals surface area contributed by atoms with Gasteiger partial charge in [0.1, 0.15) is 23.0 Å². The summed E-state index contributed by atoms with van der Waals surface area (Å²) < 4.78 is 16.0. The Kier molecular flexibility index (Phi) is 8.10. The monoisotopic (exact) mass is 461 g/mol. The highest BCUT2D eigenvalue weighted by Crippen LogP contribution is 2.33. The Labute approximate surface area is 191 Å². The molecule has 0 unspecified atom stereocenters. The number of aliphatic hydroxyl groups excluding tert-OH is 1. The highest BCUT2D eigenvalue weighted by molar-refractivity contribution is 7.18. The molecule has 2 N–H and O–H groups in total. The molecule has 0 saturated carbocycles. The van der Waals surface area contributed by atoms with E-state index >= 15 is 0 Å². The molecule has 3 heterocycles. The maximum absolute atomic E-state index is 12.8. The zero-order valence-corrected chi connectivity index (χ0v) is 19.3.